The maximum atomic E-state index is 12.6. The highest BCUT2D eigenvalue weighted by Crippen LogP contribution is 2.44. The Morgan fingerprint density at radius 3 is 2.67 bits per heavy atom. The molecule has 1 unspecified atom stereocenters. The Morgan fingerprint density at radius 1 is 1.38 bits per heavy atom. The molecule has 2 fully saturated rings. The van der Waals surface area contributed by atoms with Gasteiger partial charge in [0.1, 0.15) is 5.54 Å². The Morgan fingerprint density at radius 2 is 2.10 bits per heavy atom. The molecule has 6 heteroatoms. The zero-order valence-electron chi connectivity index (χ0n) is 12.2. The van der Waals surface area contributed by atoms with E-state index < -0.39 is 5.54 Å². The predicted octanol–water partition coefficient (Wildman–Crippen LogP) is 2.03. The summed E-state index contributed by atoms with van der Waals surface area (Å²) in [7, 11) is 0. The zero-order chi connectivity index (χ0) is 14.7. The molecule has 2 aliphatic rings. The quantitative estimate of drug-likeness (QED) is 0.450. The first-order valence-corrected chi connectivity index (χ1v) is 8.58. The van der Waals surface area contributed by atoms with Crippen molar-refractivity contribution in [3.8, 4) is 0 Å². The largest absolute Gasteiger partial charge is 0.465 e. The lowest BCUT2D eigenvalue weighted by atomic mass is 9.95. The Kier molecular flexibility index (Phi) is 4.45. The number of nitrogens with one attached hydrogen (secondary N) is 1. The van der Waals surface area contributed by atoms with Crippen molar-refractivity contribution >= 4 is 17.7 Å². The molecule has 1 N–H and O–H groups in total. The minimum Gasteiger partial charge on any atom is -0.465 e. The van der Waals surface area contributed by atoms with E-state index in [0.717, 1.165) is 25.7 Å². The van der Waals surface area contributed by atoms with Crippen molar-refractivity contribution in [3.63, 3.8) is 0 Å². The molecule has 2 saturated carbocycles. The molecule has 2 aliphatic carbocycles. The third kappa shape index (κ3) is 3.55. The summed E-state index contributed by atoms with van der Waals surface area (Å²) in [6, 6.07) is 2.26. The van der Waals surface area contributed by atoms with Gasteiger partial charge in [-0.1, -0.05) is 11.8 Å². The van der Waals surface area contributed by atoms with Crippen molar-refractivity contribution in [3.05, 3.63) is 18.5 Å². The lowest BCUT2D eigenvalue weighted by Gasteiger charge is -2.32. The molecule has 21 heavy (non-hydrogen) atoms. The number of carbonyl (C=O) groups is 1. The molecule has 1 aromatic heterocycles. The number of hydrogen-bond donors (Lipinski definition) is 1. The number of hydrogen-bond acceptors (Lipinski definition) is 6. The van der Waals surface area contributed by atoms with Gasteiger partial charge in [-0.15, -0.1) is 0 Å². The molecule has 0 amide bonds. The van der Waals surface area contributed by atoms with Crippen molar-refractivity contribution in [2.45, 2.75) is 49.3 Å². The van der Waals surface area contributed by atoms with Gasteiger partial charge in [0.05, 0.1) is 6.61 Å². The van der Waals surface area contributed by atoms with E-state index in [0.29, 0.717) is 29.5 Å². The maximum Gasteiger partial charge on any atom is 0.327 e. The van der Waals surface area contributed by atoms with E-state index in [1.54, 1.807) is 18.5 Å². The topological polar surface area (TPSA) is 64.1 Å². The standard InChI is InChI=1S/C15H21N3O2S/c1-2-20-13(19)15(11-4-5-11,18-12-6-7-12)10-21-14-16-8-3-9-17-14/h3,8-9,11-12,18H,2,4-7,10H2,1H3. The van der Waals surface area contributed by atoms with Gasteiger partial charge in [0, 0.05) is 24.2 Å². The molecule has 0 bridgehead atoms. The lowest BCUT2D eigenvalue weighted by Crippen LogP contribution is -2.58. The summed E-state index contributed by atoms with van der Waals surface area (Å²) in [6.07, 6.45) is 7.95. The third-order valence-electron chi connectivity index (χ3n) is 3.92. The molecular weight excluding hydrogens is 286 g/mol. The zero-order valence-corrected chi connectivity index (χ0v) is 13.1. The number of thioether (sulfide) groups is 1. The van der Waals surface area contributed by atoms with Crippen molar-refractivity contribution in [2.75, 3.05) is 12.4 Å². The molecule has 0 radical (unpaired) electrons. The highest BCUT2D eigenvalue weighted by Gasteiger charge is 2.54. The van der Waals surface area contributed by atoms with Crippen LogP contribution in [0.1, 0.15) is 32.6 Å². The molecule has 3 rings (SSSR count). The summed E-state index contributed by atoms with van der Waals surface area (Å²) in [5, 5.41) is 4.28. The summed E-state index contributed by atoms with van der Waals surface area (Å²) >= 11 is 1.53. The molecule has 0 saturated heterocycles. The molecule has 0 aliphatic heterocycles. The van der Waals surface area contributed by atoms with Crippen molar-refractivity contribution in [1.82, 2.24) is 15.3 Å². The Bertz CT molecular complexity index is 491. The van der Waals surface area contributed by atoms with E-state index in [4.69, 9.17) is 4.74 Å². The molecule has 1 heterocycles. The fourth-order valence-corrected chi connectivity index (χ4v) is 3.59. The maximum absolute atomic E-state index is 12.6. The van der Waals surface area contributed by atoms with E-state index in [1.807, 2.05) is 6.92 Å². The molecule has 0 spiro atoms. The second kappa shape index (κ2) is 6.32. The molecule has 5 nitrogen and oxygen atoms in total. The normalized spacial score (nSPS) is 20.8. The number of ether oxygens (including phenoxy) is 1. The molecule has 114 valence electrons. The first kappa shape index (κ1) is 14.8. The summed E-state index contributed by atoms with van der Waals surface area (Å²) < 4.78 is 5.37. The third-order valence-corrected chi connectivity index (χ3v) is 4.99. The van der Waals surface area contributed by atoms with Crippen LogP contribution in [0, 0.1) is 5.92 Å². The number of nitrogens with zero attached hydrogens (tertiary/aromatic N) is 2. The van der Waals surface area contributed by atoms with Crippen LogP contribution in [0.25, 0.3) is 0 Å². The fourth-order valence-electron chi connectivity index (χ4n) is 2.53. The monoisotopic (exact) mass is 307 g/mol. The van der Waals surface area contributed by atoms with Crippen LogP contribution >= 0.6 is 11.8 Å². The van der Waals surface area contributed by atoms with Crippen LogP contribution < -0.4 is 5.32 Å². The minimum absolute atomic E-state index is 0.108. The number of aromatic nitrogens is 2. The van der Waals surface area contributed by atoms with E-state index in [-0.39, 0.29) is 5.97 Å². The van der Waals surface area contributed by atoms with Gasteiger partial charge in [-0.3, -0.25) is 10.1 Å². The minimum atomic E-state index is -0.568. The average Bonchev–Trinajstić information content (AvgIpc) is 3.38. The van der Waals surface area contributed by atoms with Gasteiger partial charge in [0.25, 0.3) is 0 Å². The average molecular weight is 307 g/mol. The summed E-state index contributed by atoms with van der Waals surface area (Å²) in [5.41, 5.74) is -0.568. The number of carbonyl (C=O) groups excluding carboxylic acids is 1. The van der Waals surface area contributed by atoms with Crippen molar-refractivity contribution in [1.29, 1.82) is 0 Å². The van der Waals surface area contributed by atoms with Gasteiger partial charge in [-0.05, 0) is 44.6 Å². The van der Waals surface area contributed by atoms with E-state index in [9.17, 15) is 4.79 Å². The van der Waals surface area contributed by atoms with Crippen LogP contribution in [0.15, 0.2) is 23.6 Å². The van der Waals surface area contributed by atoms with Crippen LogP contribution in [-0.4, -0.2) is 39.9 Å². The molecule has 1 atom stereocenters. The summed E-state index contributed by atoms with van der Waals surface area (Å²) in [6.45, 7) is 2.28. The van der Waals surface area contributed by atoms with Gasteiger partial charge < -0.3 is 4.74 Å². The Hall–Kier alpha value is -1.14. The summed E-state index contributed by atoms with van der Waals surface area (Å²) in [5.74, 6) is 0.910. The van der Waals surface area contributed by atoms with Crippen LogP contribution in [0.5, 0.6) is 0 Å². The van der Waals surface area contributed by atoms with Gasteiger partial charge in [0.15, 0.2) is 5.16 Å². The summed E-state index contributed by atoms with van der Waals surface area (Å²) in [4.78, 5) is 21.1. The second-order valence-electron chi connectivity index (χ2n) is 5.70. The highest BCUT2D eigenvalue weighted by atomic mass is 32.2. The second-order valence-corrected chi connectivity index (χ2v) is 6.65. The first-order valence-electron chi connectivity index (χ1n) is 7.59. The molecular formula is C15H21N3O2S. The van der Waals surface area contributed by atoms with E-state index in [2.05, 4.69) is 15.3 Å². The van der Waals surface area contributed by atoms with Crippen LogP contribution in [0.2, 0.25) is 0 Å². The SMILES string of the molecule is CCOC(=O)C(CSc1ncccn1)(NC1CC1)C1CC1. The van der Waals surface area contributed by atoms with Gasteiger partial charge in [-0.25, -0.2) is 9.97 Å². The van der Waals surface area contributed by atoms with Crippen LogP contribution in [-0.2, 0) is 9.53 Å². The van der Waals surface area contributed by atoms with E-state index in [1.165, 1.54) is 11.8 Å². The van der Waals surface area contributed by atoms with Gasteiger partial charge in [0.2, 0.25) is 0 Å². The Balaban J connectivity index is 1.74. The number of esters is 1. The van der Waals surface area contributed by atoms with Crippen molar-refractivity contribution in [2.24, 2.45) is 5.92 Å². The Labute approximate surface area is 129 Å². The predicted molar refractivity (Wildman–Crippen MR) is 81.0 cm³/mol. The van der Waals surface area contributed by atoms with Crippen molar-refractivity contribution < 1.29 is 9.53 Å². The first-order chi connectivity index (χ1) is 10.2. The fraction of sp³-hybridized carbons (Fsp3) is 0.667. The van der Waals surface area contributed by atoms with Crippen LogP contribution in [0.4, 0.5) is 0 Å². The molecule has 1 aromatic rings. The van der Waals surface area contributed by atoms with Gasteiger partial charge in [-0.2, -0.15) is 0 Å². The highest BCUT2D eigenvalue weighted by molar-refractivity contribution is 7.99. The smallest absolute Gasteiger partial charge is 0.327 e. The van der Waals surface area contributed by atoms with Gasteiger partial charge >= 0.3 is 5.97 Å². The van der Waals surface area contributed by atoms with Crippen LogP contribution in [0.3, 0.4) is 0 Å². The molecule has 0 aromatic carbocycles. The number of rotatable bonds is 8. The van der Waals surface area contributed by atoms with E-state index >= 15 is 0 Å². The lowest BCUT2D eigenvalue weighted by molar-refractivity contribution is -0.151.